The fourth-order valence-electron chi connectivity index (χ4n) is 2.94. The third-order valence-corrected chi connectivity index (χ3v) is 4.49. The van der Waals surface area contributed by atoms with Gasteiger partial charge in [0.1, 0.15) is 5.75 Å². The Morgan fingerprint density at radius 3 is 2.70 bits per heavy atom. The molecule has 3 nitrogen and oxygen atoms in total. The molecule has 0 heterocycles. The van der Waals surface area contributed by atoms with Crippen LogP contribution in [0.1, 0.15) is 48.0 Å². The van der Waals surface area contributed by atoms with Crippen LogP contribution in [0.5, 0.6) is 5.75 Å². The highest BCUT2D eigenvalue weighted by Gasteiger charge is 2.26. The number of alkyl halides is 1. The Balaban J connectivity index is 2.23. The van der Waals surface area contributed by atoms with Crippen LogP contribution in [0.2, 0.25) is 0 Å². The van der Waals surface area contributed by atoms with E-state index < -0.39 is 0 Å². The largest absolute Gasteiger partial charge is 0.508 e. The van der Waals surface area contributed by atoms with E-state index in [0.717, 1.165) is 24.7 Å². The lowest BCUT2D eigenvalue weighted by Crippen LogP contribution is -2.42. The minimum Gasteiger partial charge on any atom is -0.508 e. The quantitative estimate of drug-likeness (QED) is 0.846. The molecule has 4 heteroatoms. The average molecular weight is 340 g/mol. The molecule has 1 aliphatic carbocycles. The molecule has 0 spiro atoms. The summed E-state index contributed by atoms with van der Waals surface area (Å²) in [6.45, 7) is 2.52. The topological polar surface area (TPSA) is 40.5 Å². The number of phenolic OH excluding ortho intramolecular Hbond substituents is 1. The van der Waals surface area contributed by atoms with E-state index in [1.807, 2.05) is 4.90 Å². The van der Waals surface area contributed by atoms with Gasteiger partial charge in [-0.3, -0.25) is 4.79 Å². The van der Waals surface area contributed by atoms with E-state index in [2.05, 4.69) is 15.9 Å². The Hall–Kier alpha value is -1.03. The standard InChI is InChI=1S/C16H22BrNO2/c1-12-14(8-5-9-15(12)19)16(20)18(11-10-17)13-6-3-2-4-7-13/h5,8-9,13,19H,2-4,6-7,10-11H2,1H3. The Morgan fingerprint density at radius 1 is 1.35 bits per heavy atom. The van der Waals surface area contributed by atoms with Gasteiger partial charge in [0.05, 0.1) is 0 Å². The molecular formula is C16H22BrNO2. The summed E-state index contributed by atoms with van der Waals surface area (Å²) in [4.78, 5) is 14.8. The fraction of sp³-hybridized carbons (Fsp3) is 0.562. The molecule has 1 aliphatic rings. The fourth-order valence-corrected chi connectivity index (χ4v) is 3.33. The van der Waals surface area contributed by atoms with Crippen molar-refractivity contribution in [3.8, 4) is 5.75 Å². The van der Waals surface area contributed by atoms with E-state index >= 15 is 0 Å². The van der Waals surface area contributed by atoms with Gasteiger partial charge in [0.15, 0.2) is 0 Å². The number of phenols is 1. The first-order chi connectivity index (χ1) is 9.65. The molecule has 1 aromatic carbocycles. The third-order valence-electron chi connectivity index (χ3n) is 4.14. The summed E-state index contributed by atoms with van der Waals surface area (Å²) in [5.74, 6) is 0.239. The minimum absolute atomic E-state index is 0.0461. The summed E-state index contributed by atoms with van der Waals surface area (Å²) in [5.41, 5.74) is 1.30. The lowest BCUT2D eigenvalue weighted by atomic mass is 9.93. The number of carbonyl (C=O) groups is 1. The summed E-state index contributed by atoms with van der Waals surface area (Å²) < 4.78 is 0. The van der Waals surface area contributed by atoms with Crippen LogP contribution in [0.15, 0.2) is 18.2 Å². The molecule has 1 aromatic rings. The number of hydrogen-bond acceptors (Lipinski definition) is 2. The van der Waals surface area contributed by atoms with Crippen molar-refractivity contribution in [3.05, 3.63) is 29.3 Å². The van der Waals surface area contributed by atoms with Gasteiger partial charge in [0.25, 0.3) is 5.91 Å². The highest BCUT2D eigenvalue weighted by Crippen LogP contribution is 2.26. The van der Waals surface area contributed by atoms with Gasteiger partial charge in [-0.15, -0.1) is 0 Å². The monoisotopic (exact) mass is 339 g/mol. The first-order valence-corrected chi connectivity index (χ1v) is 8.43. The van der Waals surface area contributed by atoms with Crippen molar-refractivity contribution in [1.82, 2.24) is 4.90 Å². The molecular weight excluding hydrogens is 318 g/mol. The molecule has 20 heavy (non-hydrogen) atoms. The van der Waals surface area contributed by atoms with Gasteiger partial charge >= 0.3 is 0 Å². The van der Waals surface area contributed by atoms with Gasteiger partial charge in [-0.2, -0.15) is 0 Å². The molecule has 0 aromatic heterocycles. The number of amides is 1. The van der Waals surface area contributed by atoms with E-state index in [1.54, 1.807) is 25.1 Å². The summed E-state index contributed by atoms with van der Waals surface area (Å²) >= 11 is 3.45. The van der Waals surface area contributed by atoms with Crippen LogP contribution in [0.4, 0.5) is 0 Å². The molecule has 110 valence electrons. The summed E-state index contributed by atoms with van der Waals surface area (Å²) in [5, 5.41) is 10.6. The van der Waals surface area contributed by atoms with Crippen LogP contribution in [-0.2, 0) is 0 Å². The number of hydrogen-bond donors (Lipinski definition) is 1. The summed E-state index contributed by atoms with van der Waals surface area (Å²) in [6.07, 6.45) is 5.87. The molecule has 0 atom stereocenters. The number of benzene rings is 1. The molecule has 1 N–H and O–H groups in total. The van der Waals surface area contributed by atoms with Crippen LogP contribution in [0, 0.1) is 6.92 Å². The van der Waals surface area contributed by atoms with E-state index in [-0.39, 0.29) is 11.7 Å². The maximum atomic E-state index is 12.8. The second kappa shape index (κ2) is 7.11. The minimum atomic E-state index is 0.0461. The molecule has 0 aliphatic heterocycles. The summed E-state index contributed by atoms with van der Waals surface area (Å²) in [6, 6.07) is 5.52. The van der Waals surface area contributed by atoms with Gasteiger partial charge in [0.2, 0.25) is 0 Å². The number of halogens is 1. The lowest BCUT2D eigenvalue weighted by Gasteiger charge is -2.34. The van der Waals surface area contributed by atoms with Crippen LogP contribution in [0.3, 0.4) is 0 Å². The molecule has 1 amide bonds. The first kappa shape index (κ1) is 15.4. The highest BCUT2D eigenvalue weighted by molar-refractivity contribution is 9.09. The van der Waals surface area contributed by atoms with Gasteiger partial charge in [-0.1, -0.05) is 41.3 Å². The number of aromatic hydroxyl groups is 1. The molecule has 1 saturated carbocycles. The third kappa shape index (κ3) is 3.35. The van der Waals surface area contributed by atoms with Crippen LogP contribution in [-0.4, -0.2) is 33.8 Å². The predicted octanol–water partition coefficient (Wildman–Crippen LogP) is 3.87. The van der Waals surface area contributed by atoms with Crippen molar-refractivity contribution >= 4 is 21.8 Å². The molecule has 0 unspecified atom stereocenters. The van der Waals surface area contributed by atoms with E-state index in [4.69, 9.17) is 0 Å². The second-order valence-electron chi connectivity index (χ2n) is 5.43. The van der Waals surface area contributed by atoms with E-state index in [1.165, 1.54) is 19.3 Å². The zero-order valence-corrected chi connectivity index (χ0v) is 13.5. The average Bonchev–Trinajstić information content (AvgIpc) is 2.48. The van der Waals surface area contributed by atoms with Crippen molar-refractivity contribution < 1.29 is 9.90 Å². The smallest absolute Gasteiger partial charge is 0.254 e. The maximum Gasteiger partial charge on any atom is 0.254 e. The van der Waals surface area contributed by atoms with E-state index in [0.29, 0.717) is 17.2 Å². The number of rotatable bonds is 4. The maximum absolute atomic E-state index is 12.8. The predicted molar refractivity (Wildman–Crippen MR) is 84.5 cm³/mol. The molecule has 2 rings (SSSR count). The Morgan fingerprint density at radius 2 is 2.05 bits per heavy atom. The Labute approximate surface area is 129 Å². The SMILES string of the molecule is Cc1c(O)cccc1C(=O)N(CCBr)C1CCCCC1. The number of carbonyl (C=O) groups excluding carboxylic acids is 1. The molecule has 0 bridgehead atoms. The lowest BCUT2D eigenvalue weighted by molar-refractivity contribution is 0.0650. The molecule has 0 saturated heterocycles. The van der Waals surface area contributed by atoms with Gasteiger partial charge in [-0.25, -0.2) is 0 Å². The van der Waals surface area contributed by atoms with Crippen LogP contribution in [0.25, 0.3) is 0 Å². The van der Waals surface area contributed by atoms with Crippen molar-refractivity contribution in [3.63, 3.8) is 0 Å². The number of nitrogens with zero attached hydrogens (tertiary/aromatic N) is 1. The van der Waals surface area contributed by atoms with Crippen LogP contribution < -0.4 is 0 Å². The Bertz CT molecular complexity index is 470. The van der Waals surface area contributed by atoms with Crippen LogP contribution >= 0.6 is 15.9 Å². The zero-order chi connectivity index (χ0) is 14.5. The van der Waals surface area contributed by atoms with Gasteiger partial charge < -0.3 is 10.0 Å². The van der Waals surface area contributed by atoms with Gasteiger partial charge in [0, 0.05) is 29.0 Å². The second-order valence-corrected chi connectivity index (χ2v) is 6.22. The van der Waals surface area contributed by atoms with Crippen molar-refractivity contribution in [2.45, 2.75) is 45.1 Å². The summed E-state index contributed by atoms with van der Waals surface area (Å²) in [7, 11) is 0. The first-order valence-electron chi connectivity index (χ1n) is 7.30. The van der Waals surface area contributed by atoms with E-state index in [9.17, 15) is 9.90 Å². The highest BCUT2D eigenvalue weighted by atomic mass is 79.9. The zero-order valence-electron chi connectivity index (χ0n) is 11.9. The van der Waals surface area contributed by atoms with Gasteiger partial charge in [-0.05, 0) is 31.9 Å². The molecule has 0 radical (unpaired) electrons. The molecule has 1 fully saturated rings. The normalized spacial score (nSPS) is 16.1. The Kier molecular flexibility index (Phi) is 5.46. The van der Waals surface area contributed by atoms with Crippen molar-refractivity contribution in [2.24, 2.45) is 0 Å². The van der Waals surface area contributed by atoms with Crippen molar-refractivity contribution in [1.29, 1.82) is 0 Å². The van der Waals surface area contributed by atoms with Crippen molar-refractivity contribution in [2.75, 3.05) is 11.9 Å².